The number of hydrogen-bond donors (Lipinski definition) is 0. The van der Waals surface area contributed by atoms with Crippen molar-refractivity contribution < 1.29 is 4.74 Å². The highest BCUT2D eigenvalue weighted by Gasteiger charge is 2.21. The molecule has 1 aromatic heterocycles. The second-order valence-corrected chi connectivity index (χ2v) is 7.20. The minimum atomic E-state index is 0.749. The van der Waals surface area contributed by atoms with Crippen molar-refractivity contribution in [2.24, 2.45) is 0 Å². The topological polar surface area (TPSA) is 44.7 Å². The molecule has 1 aliphatic rings. The number of ether oxygens (including phenoxy) is 1. The highest BCUT2D eigenvalue weighted by molar-refractivity contribution is 5.59. The summed E-state index contributed by atoms with van der Waals surface area (Å²) in [6, 6.07) is 20.6. The Hall–Kier alpha value is -3.28. The van der Waals surface area contributed by atoms with Gasteiger partial charge in [-0.2, -0.15) is 4.98 Å². The summed E-state index contributed by atoms with van der Waals surface area (Å²) in [5, 5.41) is 0. The summed E-state index contributed by atoms with van der Waals surface area (Å²) in [6.07, 6.45) is 1.85. The zero-order valence-corrected chi connectivity index (χ0v) is 17.0. The fourth-order valence-electron chi connectivity index (χ4n) is 3.69. The summed E-state index contributed by atoms with van der Waals surface area (Å²) in [7, 11) is 3.76. The highest BCUT2D eigenvalue weighted by atomic mass is 16.5. The quantitative estimate of drug-likeness (QED) is 0.643. The summed E-state index contributed by atoms with van der Waals surface area (Å²) in [4.78, 5) is 16.1. The van der Waals surface area contributed by atoms with Gasteiger partial charge in [0, 0.05) is 46.0 Å². The molecule has 0 saturated carbocycles. The smallest absolute Gasteiger partial charge is 0.227 e. The van der Waals surface area contributed by atoms with Crippen LogP contribution in [0.1, 0.15) is 5.56 Å². The number of benzene rings is 2. The number of piperazine rings is 1. The molecule has 0 aliphatic carbocycles. The first-order valence-electron chi connectivity index (χ1n) is 9.95. The lowest BCUT2D eigenvalue weighted by molar-refractivity contribution is 0.413. The standard InChI is InChI=1S/C23H27N5O/c1-26(18-19-8-4-3-5-9-19)23-24-13-12-22(25-23)28-16-14-27(15-17-28)20-10-6-7-11-21(20)29-2/h3-13H,14-18H2,1-2H3. The Kier molecular flexibility index (Phi) is 5.79. The van der Waals surface area contributed by atoms with E-state index in [1.54, 1.807) is 7.11 Å². The largest absolute Gasteiger partial charge is 0.495 e. The van der Waals surface area contributed by atoms with Gasteiger partial charge in [-0.05, 0) is 23.8 Å². The normalized spacial score (nSPS) is 14.0. The van der Waals surface area contributed by atoms with Crippen molar-refractivity contribution in [3.63, 3.8) is 0 Å². The number of para-hydroxylation sites is 2. The molecule has 2 aromatic carbocycles. The molecular formula is C23H27N5O. The molecule has 1 fully saturated rings. The number of aromatic nitrogens is 2. The third-order valence-corrected chi connectivity index (χ3v) is 5.26. The van der Waals surface area contributed by atoms with Crippen LogP contribution in [0, 0.1) is 0 Å². The van der Waals surface area contributed by atoms with Crippen LogP contribution in [-0.2, 0) is 6.54 Å². The zero-order chi connectivity index (χ0) is 20.1. The molecule has 1 saturated heterocycles. The van der Waals surface area contributed by atoms with Gasteiger partial charge in [-0.1, -0.05) is 42.5 Å². The van der Waals surface area contributed by atoms with Crippen LogP contribution in [-0.4, -0.2) is 50.3 Å². The first-order valence-corrected chi connectivity index (χ1v) is 9.95. The molecule has 1 aliphatic heterocycles. The van der Waals surface area contributed by atoms with Crippen molar-refractivity contribution >= 4 is 17.5 Å². The fraction of sp³-hybridized carbons (Fsp3) is 0.304. The second-order valence-electron chi connectivity index (χ2n) is 7.20. The van der Waals surface area contributed by atoms with Gasteiger partial charge >= 0.3 is 0 Å². The summed E-state index contributed by atoms with van der Waals surface area (Å²) in [5.74, 6) is 2.65. The average molecular weight is 390 g/mol. The van der Waals surface area contributed by atoms with Gasteiger partial charge in [0.2, 0.25) is 5.95 Å². The Morgan fingerprint density at radius 2 is 1.59 bits per heavy atom. The Morgan fingerprint density at radius 1 is 0.897 bits per heavy atom. The molecule has 0 unspecified atom stereocenters. The van der Waals surface area contributed by atoms with E-state index in [4.69, 9.17) is 9.72 Å². The molecule has 0 atom stereocenters. The number of anilines is 3. The number of methoxy groups -OCH3 is 1. The van der Waals surface area contributed by atoms with Gasteiger partial charge in [-0.3, -0.25) is 0 Å². The van der Waals surface area contributed by atoms with E-state index in [2.05, 4.69) is 56.1 Å². The number of rotatable bonds is 6. The third-order valence-electron chi connectivity index (χ3n) is 5.26. The zero-order valence-electron chi connectivity index (χ0n) is 17.0. The molecule has 0 amide bonds. The number of nitrogens with zero attached hydrogens (tertiary/aromatic N) is 5. The van der Waals surface area contributed by atoms with Crippen molar-refractivity contribution in [1.29, 1.82) is 0 Å². The van der Waals surface area contributed by atoms with Gasteiger partial charge in [0.25, 0.3) is 0 Å². The van der Waals surface area contributed by atoms with E-state index in [-0.39, 0.29) is 0 Å². The van der Waals surface area contributed by atoms with Gasteiger partial charge in [0.05, 0.1) is 12.8 Å². The summed E-state index contributed by atoms with van der Waals surface area (Å²) < 4.78 is 5.52. The van der Waals surface area contributed by atoms with Crippen molar-refractivity contribution in [3.05, 3.63) is 72.4 Å². The van der Waals surface area contributed by atoms with Gasteiger partial charge in [0.1, 0.15) is 11.6 Å². The minimum Gasteiger partial charge on any atom is -0.495 e. The Bertz CT molecular complexity index is 925. The predicted octanol–water partition coefficient (Wildman–Crippen LogP) is 3.45. The molecule has 0 N–H and O–H groups in total. The molecule has 2 heterocycles. The van der Waals surface area contributed by atoms with Crippen LogP contribution >= 0.6 is 0 Å². The van der Waals surface area contributed by atoms with E-state index in [0.29, 0.717) is 0 Å². The van der Waals surface area contributed by atoms with E-state index in [1.807, 2.05) is 37.5 Å². The molecule has 150 valence electrons. The lowest BCUT2D eigenvalue weighted by Crippen LogP contribution is -2.47. The van der Waals surface area contributed by atoms with Crippen molar-refractivity contribution in [2.45, 2.75) is 6.54 Å². The lowest BCUT2D eigenvalue weighted by Gasteiger charge is -2.37. The highest BCUT2D eigenvalue weighted by Crippen LogP contribution is 2.29. The first-order chi connectivity index (χ1) is 14.2. The van der Waals surface area contributed by atoms with Crippen LogP contribution in [0.4, 0.5) is 17.5 Å². The predicted molar refractivity (Wildman–Crippen MR) is 118 cm³/mol. The Balaban J connectivity index is 1.42. The summed E-state index contributed by atoms with van der Waals surface area (Å²) in [5.41, 5.74) is 2.40. The van der Waals surface area contributed by atoms with E-state index < -0.39 is 0 Å². The molecule has 29 heavy (non-hydrogen) atoms. The van der Waals surface area contributed by atoms with Crippen molar-refractivity contribution in [3.8, 4) is 5.75 Å². The molecule has 0 radical (unpaired) electrons. The van der Waals surface area contributed by atoms with Crippen LogP contribution in [0.15, 0.2) is 66.9 Å². The SMILES string of the molecule is COc1ccccc1N1CCN(c2ccnc(N(C)Cc3ccccc3)n2)CC1. The van der Waals surface area contributed by atoms with E-state index >= 15 is 0 Å². The molecule has 0 bridgehead atoms. The Labute approximate surface area is 172 Å². The third kappa shape index (κ3) is 4.42. The van der Waals surface area contributed by atoms with Crippen LogP contribution < -0.4 is 19.4 Å². The second kappa shape index (κ2) is 8.82. The maximum absolute atomic E-state index is 5.52. The minimum absolute atomic E-state index is 0.749. The maximum Gasteiger partial charge on any atom is 0.227 e. The molecule has 4 rings (SSSR count). The van der Waals surface area contributed by atoms with Crippen LogP contribution in [0.2, 0.25) is 0 Å². The van der Waals surface area contributed by atoms with Gasteiger partial charge in [0.15, 0.2) is 0 Å². The molecule has 6 heteroatoms. The molecule has 0 spiro atoms. The summed E-state index contributed by atoms with van der Waals surface area (Å²) in [6.45, 7) is 4.47. The van der Waals surface area contributed by atoms with Crippen molar-refractivity contribution in [2.75, 3.05) is 55.0 Å². The monoisotopic (exact) mass is 389 g/mol. The average Bonchev–Trinajstić information content (AvgIpc) is 2.80. The van der Waals surface area contributed by atoms with Crippen LogP contribution in [0.3, 0.4) is 0 Å². The van der Waals surface area contributed by atoms with Gasteiger partial charge in [-0.25, -0.2) is 4.98 Å². The van der Waals surface area contributed by atoms with Gasteiger partial charge in [-0.15, -0.1) is 0 Å². The fourth-order valence-corrected chi connectivity index (χ4v) is 3.69. The van der Waals surface area contributed by atoms with Gasteiger partial charge < -0.3 is 19.4 Å². The molecule has 6 nitrogen and oxygen atoms in total. The van der Waals surface area contributed by atoms with E-state index in [9.17, 15) is 0 Å². The number of hydrogen-bond acceptors (Lipinski definition) is 6. The molecular weight excluding hydrogens is 362 g/mol. The van der Waals surface area contributed by atoms with E-state index in [0.717, 1.165) is 55.9 Å². The first kappa shape index (κ1) is 19.1. The van der Waals surface area contributed by atoms with Crippen molar-refractivity contribution in [1.82, 2.24) is 9.97 Å². The van der Waals surface area contributed by atoms with Crippen LogP contribution in [0.5, 0.6) is 5.75 Å². The maximum atomic E-state index is 5.52. The lowest BCUT2D eigenvalue weighted by atomic mass is 10.2. The van der Waals surface area contributed by atoms with E-state index in [1.165, 1.54) is 5.56 Å². The Morgan fingerprint density at radius 3 is 2.34 bits per heavy atom. The summed E-state index contributed by atoms with van der Waals surface area (Å²) >= 11 is 0. The molecule has 3 aromatic rings. The van der Waals surface area contributed by atoms with Crippen LogP contribution in [0.25, 0.3) is 0 Å².